The summed E-state index contributed by atoms with van der Waals surface area (Å²) >= 11 is 0. The summed E-state index contributed by atoms with van der Waals surface area (Å²) in [5, 5.41) is 0. The fraction of sp³-hybridized carbons (Fsp3) is 1.00. The minimum atomic E-state index is 0.562. The van der Waals surface area contributed by atoms with Gasteiger partial charge in [0.1, 0.15) is 0 Å². The summed E-state index contributed by atoms with van der Waals surface area (Å²) < 4.78 is 0. The first-order valence-electron chi connectivity index (χ1n) is 6.60. The molecule has 3 heteroatoms. The number of nitrogens with two attached hydrogens (primary N) is 1. The molecular weight excluding hydrogens is 198 g/mol. The minimum absolute atomic E-state index is 0.562. The molecule has 0 saturated heterocycles. The van der Waals surface area contributed by atoms with Gasteiger partial charge in [-0.05, 0) is 26.4 Å². The summed E-state index contributed by atoms with van der Waals surface area (Å²) in [5.41, 5.74) is 5.89. The molecule has 1 atom stereocenters. The molecule has 0 fully saturated rings. The number of rotatable bonds is 9. The van der Waals surface area contributed by atoms with Crippen LogP contribution in [-0.4, -0.2) is 56.1 Å². The zero-order valence-electron chi connectivity index (χ0n) is 11.9. The second kappa shape index (κ2) is 8.97. The molecule has 0 radical (unpaired) electrons. The van der Waals surface area contributed by atoms with Gasteiger partial charge in [0.15, 0.2) is 0 Å². The molecule has 0 aromatic carbocycles. The summed E-state index contributed by atoms with van der Waals surface area (Å²) in [4.78, 5) is 4.81. The van der Waals surface area contributed by atoms with Gasteiger partial charge < -0.3 is 10.6 Å². The fourth-order valence-electron chi connectivity index (χ4n) is 2.00. The van der Waals surface area contributed by atoms with E-state index >= 15 is 0 Å². The van der Waals surface area contributed by atoms with Crippen molar-refractivity contribution in [3.05, 3.63) is 0 Å². The zero-order chi connectivity index (χ0) is 12.6. The van der Waals surface area contributed by atoms with Crippen LogP contribution in [0.4, 0.5) is 0 Å². The van der Waals surface area contributed by atoms with E-state index in [4.69, 9.17) is 5.73 Å². The molecule has 0 saturated carbocycles. The lowest BCUT2D eigenvalue weighted by atomic mass is 10.1. The highest BCUT2D eigenvalue weighted by Crippen LogP contribution is 2.09. The number of likely N-dealkylation sites (N-methyl/N-ethyl adjacent to an activating group) is 1. The quantitative estimate of drug-likeness (QED) is 0.652. The second-order valence-corrected chi connectivity index (χ2v) is 5.37. The van der Waals surface area contributed by atoms with Crippen molar-refractivity contribution in [3.8, 4) is 0 Å². The average molecular weight is 229 g/mol. The van der Waals surface area contributed by atoms with E-state index in [2.05, 4.69) is 44.7 Å². The fourth-order valence-corrected chi connectivity index (χ4v) is 2.00. The molecule has 16 heavy (non-hydrogen) atoms. The monoisotopic (exact) mass is 229 g/mol. The Balaban J connectivity index is 4.25. The Labute approximate surface area is 102 Å². The van der Waals surface area contributed by atoms with Gasteiger partial charge in [0, 0.05) is 32.2 Å². The topological polar surface area (TPSA) is 32.5 Å². The SMILES string of the molecule is CCCC(CN)N(CCN(C)C)CC(C)C. The predicted molar refractivity (Wildman–Crippen MR) is 72.7 cm³/mol. The van der Waals surface area contributed by atoms with Crippen LogP contribution in [-0.2, 0) is 0 Å². The third-order valence-electron chi connectivity index (χ3n) is 2.84. The molecular formula is C13H31N3. The van der Waals surface area contributed by atoms with Crippen molar-refractivity contribution in [2.24, 2.45) is 11.7 Å². The highest BCUT2D eigenvalue weighted by Gasteiger charge is 2.17. The second-order valence-electron chi connectivity index (χ2n) is 5.37. The van der Waals surface area contributed by atoms with Crippen molar-refractivity contribution in [2.45, 2.75) is 39.7 Å². The van der Waals surface area contributed by atoms with E-state index in [0.717, 1.165) is 26.2 Å². The van der Waals surface area contributed by atoms with Crippen LogP contribution in [0, 0.1) is 5.92 Å². The standard InChI is InChI=1S/C13H31N3/c1-6-7-13(10-14)16(11-12(2)3)9-8-15(4)5/h12-13H,6-11,14H2,1-5H3. The zero-order valence-corrected chi connectivity index (χ0v) is 11.9. The smallest absolute Gasteiger partial charge is 0.0218 e. The number of hydrogen-bond acceptors (Lipinski definition) is 3. The Bertz CT molecular complexity index is 157. The van der Waals surface area contributed by atoms with Gasteiger partial charge in [-0.1, -0.05) is 27.2 Å². The van der Waals surface area contributed by atoms with Crippen LogP contribution in [0.2, 0.25) is 0 Å². The lowest BCUT2D eigenvalue weighted by molar-refractivity contribution is 0.155. The first kappa shape index (κ1) is 15.9. The van der Waals surface area contributed by atoms with Crippen molar-refractivity contribution in [1.82, 2.24) is 9.80 Å². The van der Waals surface area contributed by atoms with Gasteiger partial charge in [-0.3, -0.25) is 4.90 Å². The highest BCUT2D eigenvalue weighted by molar-refractivity contribution is 4.74. The minimum Gasteiger partial charge on any atom is -0.329 e. The summed E-state index contributed by atoms with van der Waals surface area (Å²) in [6.45, 7) is 11.0. The van der Waals surface area contributed by atoms with Gasteiger partial charge in [-0.15, -0.1) is 0 Å². The van der Waals surface area contributed by atoms with E-state index in [9.17, 15) is 0 Å². The van der Waals surface area contributed by atoms with E-state index in [1.807, 2.05) is 0 Å². The lowest BCUT2D eigenvalue weighted by Crippen LogP contribution is -2.45. The van der Waals surface area contributed by atoms with Gasteiger partial charge in [-0.2, -0.15) is 0 Å². The number of hydrogen-bond donors (Lipinski definition) is 1. The van der Waals surface area contributed by atoms with Crippen molar-refractivity contribution in [1.29, 1.82) is 0 Å². The Morgan fingerprint density at radius 1 is 1.12 bits per heavy atom. The summed E-state index contributed by atoms with van der Waals surface area (Å²) in [6.07, 6.45) is 2.44. The maximum Gasteiger partial charge on any atom is 0.0218 e. The van der Waals surface area contributed by atoms with Crippen LogP contribution in [0.25, 0.3) is 0 Å². The third kappa shape index (κ3) is 7.20. The van der Waals surface area contributed by atoms with Crippen LogP contribution in [0.3, 0.4) is 0 Å². The van der Waals surface area contributed by atoms with Crippen LogP contribution < -0.4 is 5.73 Å². The van der Waals surface area contributed by atoms with Crippen molar-refractivity contribution in [2.75, 3.05) is 40.3 Å². The molecule has 0 aliphatic heterocycles. The van der Waals surface area contributed by atoms with Gasteiger partial charge in [-0.25, -0.2) is 0 Å². The summed E-state index contributed by atoms with van der Waals surface area (Å²) in [6, 6.07) is 0.562. The molecule has 98 valence electrons. The van der Waals surface area contributed by atoms with Crippen LogP contribution in [0.15, 0.2) is 0 Å². The van der Waals surface area contributed by atoms with Crippen molar-refractivity contribution in [3.63, 3.8) is 0 Å². The third-order valence-corrected chi connectivity index (χ3v) is 2.84. The predicted octanol–water partition coefficient (Wildman–Crippen LogP) is 1.63. The molecule has 0 aliphatic rings. The maximum absolute atomic E-state index is 5.89. The molecule has 0 spiro atoms. The van der Waals surface area contributed by atoms with Gasteiger partial charge in [0.2, 0.25) is 0 Å². The van der Waals surface area contributed by atoms with Gasteiger partial charge >= 0.3 is 0 Å². The first-order valence-corrected chi connectivity index (χ1v) is 6.60. The van der Waals surface area contributed by atoms with Crippen LogP contribution >= 0.6 is 0 Å². The maximum atomic E-state index is 5.89. The molecule has 0 bridgehead atoms. The summed E-state index contributed by atoms with van der Waals surface area (Å²) in [5.74, 6) is 0.716. The molecule has 2 N–H and O–H groups in total. The molecule has 0 aromatic heterocycles. The van der Waals surface area contributed by atoms with Crippen LogP contribution in [0.5, 0.6) is 0 Å². The van der Waals surface area contributed by atoms with E-state index in [1.54, 1.807) is 0 Å². The molecule has 0 amide bonds. The molecule has 3 nitrogen and oxygen atoms in total. The van der Waals surface area contributed by atoms with Gasteiger partial charge in [0.25, 0.3) is 0 Å². The van der Waals surface area contributed by atoms with E-state index in [0.29, 0.717) is 12.0 Å². The van der Waals surface area contributed by atoms with Crippen molar-refractivity contribution < 1.29 is 0 Å². The summed E-state index contributed by atoms with van der Waals surface area (Å²) in [7, 11) is 4.26. The Morgan fingerprint density at radius 2 is 1.75 bits per heavy atom. The normalized spacial score (nSPS) is 14.1. The van der Waals surface area contributed by atoms with Crippen LogP contribution in [0.1, 0.15) is 33.6 Å². The largest absolute Gasteiger partial charge is 0.329 e. The van der Waals surface area contributed by atoms with E-state index < -0.39 is 0 Å². The van der Waals surface area contributed by atoms with E-state index in [-0.39, 0.29) is 0 Å². The molecule has 1 unspecified atom stereocenters. The van der Waals surface area contributed by atoms with Crippen molar-refractivity contribution >= 4 is 0 Å². The molecule has 0 heterocycles. The Morgan fingerprint density at radius 3 is 2.12 bits per heavy atom. The average Bonchev–Trinajstić information content (AvgIpc) is 2.20. The Hall–Kier alpha value is -0.120. The molecule has 0 rings (SSSR count). The van der Waals surface area contributed by atoms with E-state index in [1.165, 1.54) is 12.8 Å². The molecule has 0 aromatic rings. The van der Waals surface area contributed by atoms with Gasteiger partial charge in [0.05, 0.1) is 0 Å². The highest BCUT2D eigenvalue weighted by atomic mass is 15.2. The first-order chi connectivity index (χ1) is 7.51. The number of nitrogens with zero attached hydrogens (tertiary/aromatic N) is 2. The Kier molecular flexibility index (Phi) is 8.90. The lowest BCUT2D eigenvalue weighted by Gasteiger charge is -2.33. The molecule has 0 aliphatic carbocycles.